The minimum absolute atomic E-state index is 0. The lowest BCUT2D eigenvalue weighted by Gasteiger charge is -2.14. The number of aromatic nitrogens is 1. The average Bonchev–Trinajstić information content (AvgIpc) is 3.44. The van der Waals surface area contributed by atoms with E-state index in [0.29, 0.717) is 25.7 Å². The molecule has 1 aromatic carbocycles. The highest BCUT2D eigenvalue weighted by atomic mass is 127. The van der Waals surface area contributed by atoms with Gasteiger partial charge in [-0.15, -0.1) is 24.0 Å². The van der Waals surface area contributed by atoms with Crippen molar-refractivity contribution >= 4 is 41.5 Å². The second-order valence-corrected chi connectivity index (χ2v) is 7.21. The Morgan fingerprint density at radius 3 is 2.71 bits per heavy atom. The van der Waals surface area contributed by atoms with Crippen molar-refractivity contribution in [3.05, 3.63) is 46.8 Å². The van der Waals surface area contributed by atoms with E-state index in [1.165, 1.54) is 0 Å². The van der Waals surface area contributed by atoms with E-state index in [9.17, 15) is 4.79 Å². The summed E-state index contributed by atoms with van der Waals surface area (Å²) in [5.74, 6) is 1.51. The molecule has 3 N–H and O–H groups in total. The minimum atomic E-state index is -0.340. The fourth-order valence-corrected chi connectivity index (χ4v) is 3.48. The molecular weight excluding hydrogens is 509 g/mol. The molecular formula is C22H32IN5O3. The molecule has 8 nitrogen and oxygen atoms in total. The molecule has 1 saturated heterocycles. The van der Waals surface area contributed by atoms with E-state index in [2.05, 4.69) is 39.9 Å². The Labute approximate surface area is 200 Å². The van der Waals surface area contributed by atoms with Crippen LogP contribution in [0, 0.1) is 0 Å². The van der Waals surface area contributed by atoms with E-state index < -0.39 is 0 Å². The fraction of sp³-hybridized carbons (Fsp3) is 0.500. The predicted octanol–water partition coefficient (Wildman–Crippen LogP) is 3.40. The summed E-state index contributed by atoms with van der Waals surface area (Å²) in [6.07, 6.45) is 3.01. The van der Waals surface area contributed by atoms with Gasteiger partial charge in [0.25, 0.3) is 5.91 Å². The lowest BCUT2D eigenvalue weighted by molar-refractivity contribution is -0.124. The highest BCUT2D eigenvalue weighted by molar-refractivity contribution is 14.0. The number of hydrogen-bond donors (Lipinski definition) is 3. The average molecular weight is 541 g/mol. The van der Waals surface area contributed by atoms with Gasteiger partial charge in [0.05, 0.1) is 5.69 Å². The standard InChI is InChI=1S/C22H31N5O3.HI/c1-4-18-17(19(5-2)30-27-18)14-25-22(23-3)24-13-15-8-6-9-16(12-15)26-21(28)20-10-7-11-29-20;/h6,8-9,12,20H,4-5,7,10-11,13-14H2,1-3H3,(H,26,28)(H2,23,24,25);1H. The number of benzene rings is 1. The molecule has 170 valence electrons. The molecule has 1 atom stereocenters. The Kier molecular flexibility index (Phi) is 10.3. The topological polar surface area (TPSA) is 101 Å². The molecule has 0 saturated carbocycles. The SMILES string of the molecule is CCc1noc(CC)c1CNC(=NC)NCc1cccc(NC(=O)C2CCCO2)c1.I. The lowest BCUT2D eigenvalue weighted by atomic mass is 10.1. The smallest absolute Gasteiger partial charge is 0.253 e. The summed E-state index contributed by atoms with van der Waals surface area (Å²) in [6, 6.07) is 7.77. The number of amides is 1. The van der Waals surface area contributed by atoms with Gasteiger partial charge >= 0.3 is 0 Å². The number of aryl methyl sites for hydroxylation is 2. The van der Waals surface area contributed by atoms with Crippen LogP contribution in [0.15, 0.2) is 33.8 Å². The lowest BCUT2D eigenvalue weighted by Crippen LogP contribution is -2.36. The number of nitrogens with zero attached hydrogens (tertiary/aromatic N) is 2. The van der Waals surface area contributed by atoms with Crippen LogP contribution in [0.5, 0.6) is 0 Å². The van der Waals surface area contributed by atoms with Crippen LogP contribution in [-0.2, 0) is 35.5 Å². The largest absolute Gasteiger partial charge is 0.368 e. The number of hydrogen-bond acceptors (Lipinski definition) is 5. The second-order valence-electron chi connectivity index (χ2n) is 7.21. The van der Waals surface area contributed by atoms with Gasteiger partial charge in [-0.05, 0) is 37.0 Å². The van der Waals surface area contributed by atoms with Crippen LogP contribution < -0.4 is 16.0 Å². The summed E-state index contributed by atoms with van der Waals surface area (Å²) >= 11 is 0. The first-order valence-electron chi connectivity index (χ1n) is 10.6. The summed E-state index contributed by atoms with van der Waals surface area (Å²) in [5, 5.41) is 13.7. The highest BCUT2D eigenvalue weighted by Gasteiger charge is 2.23. The highest BCUT2D eigenvalue weighted by Crippen LogP contribution is 2.17. The zero-order valence-corrected chi connectivity index (χ0v) is 20.7. The van der Waals surface area contributed by atoms with Gasteiger partial charge in [0.2, 0.25) is 0 Å². The maximum absolute atomic E-state index is 12.2. The third-order valence-electron chi connectivity index (χ3n) is 5.14. The van der Waals surface area contributed by atoms with E-state index in [-0.39, 0.29) is 36.0 Å². The van der Waals surface area contributed by atoms with Gasteiger partial charge in [-0.1, -0.05) is 31.1 Å². The maximum Gasteiger partial charge on any atom is 0.253 e. The van der Waals surface area contributed by atoms with Crippen LogP contribution >= 0.6 is 24.0 Å². The first-order chi connectivity index (χ1) is 14.6. The molecule has 0 aliphatic carbocycles. The van der Waals surface area contributed by atoms with Crippen LogP contribution in [-0.4, -0.2) is 36.8 Å². The summed E-state index contributed by atoms with van der Waals surface area (Å²) in [4.78, 5) is 16.5. The quantitative estimate of drug-likeness (QED) is 0.269. The number of carbonyl (C=O) groups is 1. The van der Waals surface area contributed by atoms with Gasteiger partial charge < -0.3 is 25.2 Å². The molecule has 0 spiro atoms. The Bertz CT molecular complexity index is 856. The predicted molar refractivity (Wildman–Crippen MR) is 132 cm³/mol. The molecule has 1 amide bonds. The monoisotopic (exact) mass is 541 g/mol. The van der Waals surface area contributed by atoms with E-state index in [4.69, 9.17) is 9.26 Å². The molecule has 31 heavy (non-hydrogen) atoms. The maximum atomic E-state index is 12.2. The van der Waals surface area contributed by atoms with E-state index >= 15 is 0 Å². The third-order valence-corrected chi connectivity index (χ3v) is 5.14. The Morgan fingerprint density at radius 1 is 1.23 bits per heavy atom. The zero-order valence-electron chi connectivity index (χ0n) is 18.4. The van der Waals surface area contributed by atoms with Gasteiger partial charge in [-0.3, -0.25) is 9.79 Å². The van der Waals surface area contributed by atoms with Crippen molar-refractivity contribution in [2.45, 2.75) is 58.7 Å². The van der Waals surface area contributed by atoms with Crippen molar-refractivity contribution in [1.82, 2.24) is 15.8 Å². The third kappa shape index (κ3) is 6.93. The molecule has 1 fully saturated rings. The number of aliphatic imine (C=N–C) groups is 1. The molecule has 9 heteroatoms. The van der Waals surface area contributed by atoms with Crippen LogP contribution in [0.3, 0.4) is 0 Å². The van der Waals surface area contributed by atoms with E-state index in [1.807, 2.05) is 24.3 Å². The molecule has 3 rings (SSSR count). The summed E-state index contributed by atoms with van der Waals surface area (Å²) in [6.45, 7) is 5.96. The zero-order chi connectivity index (χ0) is 21.3. The number of halogens is 1. The van der Waals surface area contributed by atoms with Crippen molar-refractivity contribution in [3.8, 4) is 0 Å². The van der Waals surface area contributed by atoms with Gasteiger partial charge in [0.1, 0.15) is 11.9 Å². The normalized spacial score (nSPS) is 16.0. The molecule has 1 aromatic heterocycles. The summed E-state index contributed by atoms with van der Waals surface area (Å²) in [5.41, 5.74) is 3.88. The molecule has 2 heterocycles. The van der Waals surface area contributed by atoms with Crippen LogP contribution in [0.1, 0.15) is 49.3 Å². The summed E-state index contributed by atoms with van der Waals surface area (Å²) in [7, 11) is 1.74. The van der Waals surface area contributed by atoms with Crippen molar-refractivity contribution < 1.29 is 14.1 Å². The Balaban J connectivity index is 0.00000341. The number of carbonyl (C=O) groups excluding carboxylic acids is 1. The molecule has 1 aliphatic heterocycles. The number of anilines is 1. The number of guanidine groups is 1. The van der Waals surface area contributed by atoms with Crippen LogP contribution in [0.4, 0.5) is 5.69 Å². The van der Waals surface area contributed by atoms with E-state index in [0.717, 1.165) is 54.0 Å². The molecule has 0 radical (unpaired) electrons. The second kappa shape index (κ2) is 12.7. The van der Waals surface area contributed by atoms with Crippen molar-refractivity contribution in [3.63, 3.8) is 0 Å². The first kappa shape index (κ1) is 25.1. The molecule has 1 unspecified atom stereocenters. The molecule has 1 aliphatic rings. The van der Waals surface area contributed by atoms with Crippen molar-refractivity contribution in [2.24, 2.45) is 4.99 Å². The molecule has 2 aromatic rings. The number of ether oxygens (including phenoxy) is 1. The van der Waals surface area contributed by atoms with Crippen LogP contribution in [0.25, 0.3) is 0 Å². The van der Waals surface area contributed by atoms with Crippen LogP contribution in [0.2, 0.25) is 0 Å². The number of rotatable bonds is 8. The van der Waals surface area contributed by atoms with Gasteiger partial charge in [0.15, 0.2) is 5.96 Å². The Hall–Kier alpha value is -2.14. The Morgan fingerprint density at radius 2 is 2.03 bits per heavy atom. The molecule has 0 bridgehead atoms. The minimum Gasteiger partial charge on any atom is -0.368 e. The fourth-order valence-electron chi connectivity index (χ4n) is 3.48. The summed E-state index contributed by atoms with van der Waals surface area (Å²) < 4.78 is 10.9. The number of nitrogens with one attached hydrogen (secondary N) is 3. The van der Waals surface area contributed by atoms with Crippen molar-refractivity contribution in [2.75, 3.05) is 19.0 Å². The van der Waals surface area contributed by atoms with Crippen molar-refractivity contribution in [1.29, 1.82) is 0 Å². The van der Waals surface area contributed by atoms with E-state index in [1.54, 1.807) is 7.05 Å². The van der Waals surface area contributed by atoms with Gasteiger partial charge in [0, 0.05) is 44.4 Å². The first-order valence-corrected chi connectivity index (χ1v) is 10.6. The van der Waals surface area contributed by atoms with Gasteiger partial charge in [-0.2, -0.15) is 0 Å². The van der Waals surface area contributed by atoms with Gasteiger partial charge in [-0.25, -0.2) is 0 Å².